The van der Waals surface area contributed by atoms with E-state index in [0.29, 0.717) is 40.2 Å². The minimum Gasteiger partial charge on any atom is -0.494 e. The molecule has 5 aromatic rings. The molecular formula is C25H26N2O7. The number of hydrogen-bond acceptors (Lipinski definition) is 7. The van der Waals surface area contributed by atoms with Crippen molar-refractivity contribution in [3.63, 3.8) is 0 Å². The van der Waals surface area contributed by atoms with Crippen LogP contribution in [0.4, 0.5) is 0 Å². The summed E-state index contributed by atoms with van der Waals surface area (Å²) in [4.78, 5) is 6.93. The van der Waals surface area contributed by atoms with Gasteiger partial charge in [-0.05, 0) is 6.07 Å². The lowest BCUT2D eigenvalue weighted by Crippen LogP contribution is -1.94. The first-order valence-electron chi connectivity index (χ1n) is 10.5. The molecule has 178 valence electrons. The maximum Gasteiger partial charge on any atom is 0.170 e. The van der Waals surface area contributed by atoms with Gasteiger partial charge in [0.25, 0.3) is 0 Å². The normalized spacial score (nSPS) is 11.4. The standard InChI is InChI=1S/C25H26N2O7/c1-28-13-9-15(30-3)23(32-5)17-11-8-12-18-22(14(29-2)10-16(31-4)24(18)33-6)27-20(12)25(34-7)19(11)26-21(13)17/h8-10,26-27H,1-7H3. The molecule has 0 bridgehead atoms. The minimum absolute atomic E-state index is 0.562. The van der Waals surface area contributed by atoms with E-state index in [2.05, 4.69) is 16.0 Å². The quantitative estimate of drug-likeness (QED) is 0.348. The van der Waals surface area contributed by atoms with E-state index >= 15 is 0 Å². The first kappa shape index (κ1) is 21.7. The molecular weight excluding hydrogens is 440 g/mol. The number of aromatic nitrogens is 2. The molecule has 9 heteroatoms. The van der Waals surface area contributed by atoms with Gasteiger partial charge in [0.05, 0.1) is 82.6 Å². The first-order valence-corrected chi connectivity index (χ1v) is 10.5. The van der Waals surface area contributed by atoms with Gasteiger partial charge in [0.15, 0.2) is 28.7 Å². The molecule has 0 spiro atoms. The number of benzene rings is 3. The fourth-order valence-electron chi connectivity index (χ4n) is 4.78. The third kappa shape index (κ3) is 2.73. The number of methoxy groups -OCH3 is 7. The lowest BCUT2D eigenvalue weighted by atomic mass is 10.0. The molecule has 0 amide bonds. The Labute approximate surface area is 195 Å². The van der Waals surface area contributed by atoms with Crippen molar-refractivity contribution in [2.24, 2.45) is 0 Å². The average molecular weight is 466 g/mol. The molecule has 2 heterocycles. The Balaban J connectivity index is 2.06. The summed E-state index contributed by atoms with van der Waals surface area (Å²) in [5, 5.41) is 3.38. The Hall–Kier alpha value is -4.14. The van der Waals surface area contributed by atoms with Gasteiger partial charge in [-0.3, -0.25) is 0 Å². The number of rotatable bonds is 7. The van der Waals surface area contributed by atoms with Crippen molar-refractivity contribution in [1.82, 2.24) is 9.97 Å². The van der Waals surface area contributed by atoms with E-state index in [9.17, 15) is 0 Å². The van der Waals surface area contributed by atoms with Crippen LogP contribution in [0, 0.1) is 0 Å². The van der Waals surface area contributed by atoms with E-state index in [-0.39, 0.29) is 0 Å². The van der Waals surface area contributed by atoms with Gasteiger partial charge in [0.2, 0.25) is 0 Å². The Morgan fingerprint density at radius 3 is 1.12 bits per heavy atom. The Bertz CT molecular complexity index is 1450. The second kappa shape index (κ2) is 8.02. The predicted octanol–water partition coefficient (Wildman–Crippen LogP) is 5.02. The SMILES string of the molecule is COc1cc(OC)c2[nH]c3c(OC)c4[nH]c5c(OC)cc(OC)c(OC)c5c4cc3c2c1OC. The summed E-state index contributed by atoms with van der Waals surface area (Å²) in [5.74, 6) is 4.19. The van der Waals surface area contributed by atoms with Gasteiger partial charge in [0.1, 0.15) is 11.5 Å². The van der Waals surface area contributed by atoms with Gasteiger partial charge >= 0.3 is 0 Å². The summed E-state index contributed by atoms with van der Waals surface area (Å²) < 4.78 is 40.0. The summed E-state index contributed by atoms with van der Waals surface area (Å²) in [7, 11) is 11.3. The zero-order valence-electron chi connectivity index (χ0n) is 20.1. The monoisotopic (exact) mass is 466 g/mol. The molecule has 2 aromatic heterocycles. The molecule has 3 aromatic carbocycles. The Morgan fingerprint density at radius 2 is 0.794 bits per heavy atom. The molecule has 0 saturated heterocycles. The molecule has 0 radical (unpaired) electrons. The maximum absolute atomic E-state index is 5.92. The Morgan fingerprint density at radius 1 is 0.412 bits per heavy atom. The fraction of sp³-hybridized carbons (Fsp3) is 0.280. The third-order valence-corrected chi connectivity index (χ3v) is 6.23. The van der Waals surface area contributed by atoms with Crippen molar-refractivity contribution in [2.75, 3.05) is 49.8 Å². The van der Waals surface area contributed by atoms with Crippen molar-refractivity contribution >= 4 is 43.6 Å². The van der Waals surface area contributed by atoms with E-state index in [1.165, 1.54) is 0 Å². The highest BCUT2D eigenvalue weighted by molar-refractivity contribution is 6.24. The highest BCUT2D eigenvalue weighted by atomic mass is 16.5. The van der Waals surface area contributed by atoms with Crippen LogP contribution < -0.4 is 33.2 Å². The van der Waals surface area contributed by atoms with Crippen LogP contribution in [0.1, 0.15) is 0 Å². The molecule has 0 atom stereocenters. The maximum atomic E-state index is 5.92. The Kier molecular flexibility index (Phi) is 5.11. The number of fused-ring (bicyclic) bond motifs is 6. The summed E-state index contributed by atoms with van der Waals surface area (Å²) in [5.41, 5.74) is 3.11. The second-order valence-electron chi connectivity index (χ2n) is 7.63. The lowest BCUT2D eigenvalue weighted by molar-refractivity contribution is 0.354. The molecule has 34 heavy (non-hydrogen) atoms. The zero-order valence-corrected chi connectivity index (χ0v) is 20.1. The van der Waals surface area contributed by atoms with Crippen molar-refractivity contribution in [3.8, 4) is 40.2 Å². The third-order valence-electron chi connectivity index (χ3n) is 6.23. The van der Waals surface area contributed by atoms with Crippen molar-refractivity contribution in [3.05, 3.63) is 18.2 Å². The van der Waals surface area contributed by atoms with Gasteiger partial charge in [-0.2, -0.15) is 0 Å². The number of H-pyrrole nitrogens is 2. The van der Waals surface area contributed by atoms with Gasteiger partial charge in [-0.1, -0.05) is 0 Å². The van der Waals surface area contributed by atoms with Crippen LogP contribution in [0.2, 0.25) is 0 Å². The van der Waals surface area contributed by atoms with Crippen molar-refractivity contribution in [1.29, 1.82) is 0 Å². The van der Waals surface area contributed by atoms with Crippen LogP contribution >= 0.6 is 0 Å². The largest absolute Gasteiger partial charge is 0.494 e. The van der Waals surface area contributed by atoms with Crippen LogP contribution in [0.15, 0.2) is 18.2 Å². The van der Waals surface area contributed by atoms with Gasteiger partial charge in [-0.25, -0.2) is 0 Å². The molecule has 0 aliphatic rings. The van der Waals surface area contributed by atoms with E-state index in [1.54, 1.807) is 61.9 Å². The van der Waals surface area contributed by atoms with E-state index in [4.69, 9.17) is 33.2 Å². The smallest absolute Gasteiger partial charge is 0.170 e. The molecule has 0 aliphatic carbocycles. The van der Waals surface area contributed by atoms with Gasteiger partial charge in [0, 0.05) is 22.9 Å². The van der Waals surface area contributed by atoms with Gasteiger partial charge in [-0.15, -0.1) is 0 Å². The number of aromatic amines is 2. The first-order chi connectivity index (χ1) is 16.6. The topological polar surface area (TPSA) is 96.2 Å². The van der Waals surface area contributed by atoms with Crippen LogP contribution in [-0.4, -0.2) is 59.7 Å². The summed E-state index contributed by atoms with van der Waals surface area (Å²) in [6.45, 7) is 0. The van der Waals surface area contributed by atoms with Gasteiger partial charge < -0.3 is 43.1 Å². The highest BCUT2D eigenvalue weighted by Crippen LogP contribution is 2.51. The minimum atomic E-state index is 0.562. The van der Waals surface area contributed by atoms with E-state index in [1.807, 2.05) is 0 Å². The summed E-state index contributed by atoms with van der Waals surface area (Å²) in [6, 6.07) is 5.65. The highest BCUT2D eigenvalue weighted by Gasteiger charge is 2.26. The molecule has 2 N–H and O–H groups in total. The molecule has 0 aliphatic heterocycles. The molecule has 5 rings (SSSR count). The van der Waals surface area contributed by atoms with E-state index < -0.39 is 0 Å². The number of hydrogen-bond donors (Lipinski definition) is 2. The molecule has 0 saturated carbocycles. The predicted molar refractivity (Wildman–Crippen MR) is 131 cm³/mol. The van der Waals surface area contributed by atoms with Crippen LogP contribution in [0.3, 0.4) is 0 Å². The van der Waals surface area contributed by atoms with Crippen molar-refractivity contribution in [2.45, 2.75) is 0 Å². The van der Waals surface area contributed by atoms with E-state index in [0.717, 1.165) is 43.6 Å². The number of ether oxygens (including phenoxy) is 7. The average Bonchev–Trinajstić information content (AvgIpc) is 3.44. The molecule has 0 fully saturated rings. The zero-order chi connectivity index (χ0) is 24.1. The van der Waals surface area contributed by atoms with Crippen LogP contribution in [0.5, 0.6) is 40.2 Å². The molecule has 0 unspecified atom stereocenters. The van der Waals surface area contributed by atoms with Crippen LogP contribution in [-0.2, 0) is 0 Å². The van der Waals surface area contributed by atoms with Crippen LogP contribution in [0.25, 0.3) is 43.6 Å². The second-order valence-corrected chi connectivity index (χ2v) is 7.63. The lowest BCUT2D eigenvalue weighted by Gasteiger charge is -2.12. The number of nitrogens with one attached hydrogen (secondary N) is 2. The summed E-state index contributed by atoms with van der Waals surface area (Å²) >= 11 is 0. The van der Waals surface area contributed by atoms with Crippen molar-refractivity contribution < 1.29 is 33.2 Å². The molecule has 9 nitrogen and oxygen atoms in total. The summed E-state index contributed by atoms with van der Waals surface area (Å²) in [6.07, 6.45) is 0. The fourth-order valence-corrected chi connectivity index (χ4v) is 4.78.